The van der Waals surface area contributed by atoms with Gasteiger partial charge in [-0.1, -0.05) is 0 Å². The van der Waals surface area contributed by atoms with Crippen molar-refractivity contribution in [1.29, 1.82) is 0 Å². The number of furan rings is 1. The molecule has 0 saturated heterocycles. The number of nitrogens with zero attached hydrogens (tertiary/aromatic N) is 1. The first kappa shape index (κ1) is 23.7. The molecule has 1 amide bonds. The maximum Gasteiger partial charge on any atom is 0.242 e. The van der Waals surface area contributed by atoms with Crippen molar-refractivity contribution in [2.75, 3.05) is 19.6 Å². The van der Waals surface area contributed by atoms with Gasteiger partial charge < -0.3 is 25.5 Å². The van der Waals surface area contributed by atoms with Crippen LogP contribution in [0.4, 0.5) is 0 Å². The van der Waals surface area contributed by atoms with Crippen LogP contribution in [0.3, 0.4) is 0 Å². The molecule has 0 saturated carbocycles. The number of carbonyl (C=O) groups excluding carboxylic acids is 1. The number of nitrogens with one attached hydrogen (secondary N) is 3. The molecule has 1 unspecified atom stereocenters. The summed E-state index contributed by atoms with van der Waals surface area (Å²) in [6.45, 7) is 12.0. The van der Waals surface area contributed by atoms with Crippen molar-refractivity contribution in [3.63, 3.8) is 0 Å². The quantitative estimate of drug-likeness (QED) is 0.292. The van der Waals surface area contributed by atoms with Gasteiger partial charge in [0.25, 0.3) is 0 Å². The van der Waals surface area contributed by atoms with Gasteiger partial charge in [-0.25, -0.2) is 4.99 Å². The maximum atomic E-state index is 11.9. The van der Waals surface area contributed by atoms with Gasteiger partial charge in [-0.05, 0) is 53.7 Å². The standard InChI is InChI=1S/C17H30N4O3.HI/c1-7-18-15(19-10-14(22)21-16(3,4)5)20-11-17(6,23)13-9-8-12(2)24-13;/h8-9,23H,7,10-11H2,1-6H3,(H,21,22)(H2,18,19,20);1H. The molecule has 0 radical (unpaired) electrons. The zero-order chi connectivity index (χ0) is 18.4. The van der Waals surface area contributed by atoms with Crippen LogP contribution >= 0.6 is 24.0 Å². The van der Waals surface area contributed by atoms with Gasteiger partial charge in [0.1, 0.15) is 23.7 Å². The van der Waals surface area contributed by atoms with Crippen LogP contribution in [-0.4, -0.2) is 42.1 Å². The number of rotatable bonds is 6. The average molecular weight is 466 g/mol. The van der Waals surface area contributed by atoms with Crippen molar-refractivity contribution in [2.24, 2.45) is 4.99 Å². The fourth-order valence-corrected chi connectivity index (χ4v) is 2.02. The molecule has 0 spiro atoms. The van der Waals surface area contributed by atoms with Gasteiger partial charge in [0.05, 0.1) is 6.54 Å². The van der Waals surface area contributed by atoms with Crippen molar-refractivity contribution < 1.29 is 14.3 Å². The second kappa shape index (κ2) is 10.0. The fourth-order valence-electron chi connectivity index (χ4n) is 2.02. The molecule has 0 aliphatic heterocycles. The molecule has 1 aromatic heterocycles. The number of guanidine groups is 1. The number of hydrogen-bond acceptors (Lipinski definition) is 4. The van der Waals surface area contributed by atoms with Gasteiger partial charge in [-0.3, -0.25) is 4.79 Å². The van der Waals surface area contributed by atoms with E-state index in [0.29, 0.717) is 18.3 Å². The van der Waals surface area contributed by atoms with Crippen LogP contribution in [0.15, 0.2) is 21.5 Å². The van der Waals surface area contributed by atoms with Gasteiger partial charge in [-0.15, -0.1) is 24.0 Å². The highest BCUT2D eigenvalue weighted by atomic mass is 127. The number of amides is 1. The van der Waals surface area contributed by atoms with E-state index in [4.69, 9.17) is 4.42 Å². The number of aliphatic imine (C=N–C) groups is 1. The smallest absolute Gasteiger partial charge is 0.242 e. The molecule has 1 aromatic rings. The molecule has 0 bridgehead atoms. The highest BCUT2D eigenvalue weighted by Crippen LogP contribution is 2.21. The van der Waals surface area contributed by atoms with E-state index in [-0.39, 0.29) is 48.5 Å². The maximum absolute atomic E-state index is 11.9. The topological polar surface area (TPSA) is 98.9 Å². The summed E-state index contributed by atoms with van der Waals surface area (Å²) in [5.41, 5.74) is -1.47. The van der Waals surface area contributed by atoms with E-state index in [9.17, 15) is 9.90 Å². The van der Waals surface area contributed by atoms with Gasteiger partial charge >= 0.3 is 0 Å². The number of hydrogen-bond donors (Lipinski definition) is 4. The lowest BCUT2D eigenvalue weighted by molar-refractivity contribution is -0.121. The van der Waals surface area contributed by atoms with Crippen molar-refractivity contribution in [3.05, 3.63) is 23.7 Å². The highest BCUT2D eigenvalue weighted by molar-refractivity contribution is 14.0. The zero-order valence-electron chi connectivity index (χ0n) is 15.9. The van der Waals surface area contributed by atoms with Crippen LogP contribution in [0.25, 0.3) is 0 Å². The summed E-state index contributed by atoms with van der Waals surface area (Å²) < 4.78 is 5.48. The minimum Gasteiger partial charge on any atom is -0.463 e. The van der Waals surface area contributed by atoms with Crippen LogP contribution in [0.2, 0.25) is 0 Å². The molecule has 4 N–H and O–H groups in total. The summed E-state index contributed by atoms with van der Waals surface area (Å²) in [6, 6.07) is 3.55. The van der Waals surface area contributed by atoms with Crippen LogP contribution in [0.5, 0.6) is 0 Å². The van der Waals surface area contributed by atoms with Crippen LogP contribution in [-0.2, 0) is 10.4 Å². The Morgan fingerprint density at radius 1 is 1.24 bits per heavy atom. The van der Waals surface area contributed by atoms with Gasteiger partial charge in [0, 0.05) is 12.1 Å². The van der Waals surface area contributed by atoms with Crippen molar-refractivity contribution >= 4 is 35.8 Å². The van der Waals surface area contributed by atoms with Crippen LogP contribution in [0.1, 0.15) is 46.1 Å². The highest BCUT2D eigenvalue weighted by Gasteiger charge is 2.27. The van der Waals surface area contributed by atoms with E-state index >= 15 is 0 Å². The van der Waals surface area contributed by atoms with Crippen molar-refractivity contribution in [3.8, 4) is 0 Å². The minimum absolute atomic E-state index is 0. The molecule has 7 nitrogen and oxygen atoms in total. The number of carbonyl (C=O) groups is 1. The van der Waals surface area contributed by atoms with Crippen molar-refractivity contribution in [2.45, 2.75) is 52.7 Å². The third kappa shape index (κ3) is 9.10. The Balaban J connectivity index is 0.00000576. The SMILES string of the molecule is CCNC(=NCC(=O)NC(C)(C)C)NCC(C)(O)c1ccc(C)o1.I. The Morgan fingerprint density at radius 3 is 2.36 bits per heavy atom. The summed E-state index contributed by atoms with van der Waals surface area (Å²) in [5.74, 6) is 1.52. The first-order chi connectivity index (χ1) is 11.0. The van der Waals surface area contributed by atoms with E-state index in [0.717, 1.165) is 5.76 Å². The summed E-state index contributed by atoms with van der Waals surface area (Å²) in [5, 5.41) is 19.5. The third-order valence-electron chi connectivity index (χ3n) is 3.11. The van der Waals surface area contributed by atoms with E-state index < -0.39 is 5.60 Å². The molecule has 1 heterocycles. The summed E-state index contributed by atoms with van der Waals surface area (Å²) in [6.07, 6.45) is 0. The molecule has 8 heteroatoms. The lowest BCUT2D eigenvalue weighted by Gasteiger charge is -2.23. The first-order valence-corrected chi connectivity index (χ1v) is 8.16. The van der Waals surface area contributed by atoms with E-state index in [2.05, 4.69) is 20.9 Å². The Bertz CT molecular complexity index is 577. The molecule has 144 valence electrons. The number of aliphatic hydroxyl groups is 1. The Morgan fingerprint density at radius 2 is 1.88 bits per heavy atom. The largest absolute Gasteiger partial charge is 0.463 e. The normalized spacial score (nSPS) is 14.3. The van der Waals surface area contributed by atoms with Gasteiger partial charge in [0.15, 0.2) is 5.96 Å². The molecule has 1 atom stereocenters. The number of halogens is 1. The predicted octanol–water partition coefficient (Wildman–Crippen LogP) is 1.88. The molecular weight excluding hydrogens is 435 g/mol. The Labute approximate surface area is 167 Å². The van der Waals surface area contributed by atoms with E-state index in [1.807, 2.05) is 34.6 Å². The first-order valence-electron chi connectivity index (χ1n) is 8.16. The molecule has 0 fully saturated rings. The number of aryl methyl sites for hydroxylation is 1. The Hall–Kier alpha value is -1.29. The lowest BCUT2D eigenvalue weighted by Crippen LogP contribution is -2.46. The summed E-state index contributed by atoms with van der Waals surface area (Å²) in [7, 11) is 0. The second-order valence-electron chi connectivity index (χ2n) is 7.03. The lowest BCUT2D eigenvalue weighted by atomic mass is 10.0. The van der Waals surface area contributed by atoms with Gasteiger partial charge in [0.2, 0.25) is 5.91 Å². The molecule has 0 aliphatic carbocycles. The second-order valence-corrected chi connectivity index (χ2v) is 7.03. The fraction of sp³-hybridized carbons (Fsp3) is 0.647. The third-order valence-corrected chi connectivity index (χ3v) is 3.11. The van der Waals surface area contributed by atoms with E-state index in [1.54, 1.807) is 19.1 Å². The van der Waals surface area contributed by atoms with Crippen LogP contribution < -0.4 is 16.0 Å². The average Bonchev–Trinajstić information content (AvgIpc) is 2.87. The summed E-state index contributed by atoms with van der Waals surface area (Å²) in [4.78, 5) is 16.1. The van der Waals surface area contributed by atoms with Crippen molar-refractivity contribution in [1.82, 2.24) is 16.0 Å². The molecule has 0 aliphatic rings. The Kier molecular flexibility index (Phi) is 9.49. The predicted molar refractivity (Wildman–Crippen MR) is 110 cm³/mol. The zero-order valence-corrected chi connectivity index (χ0v) is 18.2. The molecule has 1 rings (SSSR count). The monoisotopic (exact) mass is 466 g/mol. The summed E-state index contributed by atoms with van der Waals surface area (Å²) >= 11 is 0. The van der Waals surface area contributed by atoms with Gasteiger partial charge in [-0.2, -0.15) is 0 Å². The minimum atomic E-state index is -1.18. The van der Waals surface area contributed by atoms with E-state index in [1.165, 1.54) is 0 Å². The van der Waals surface area contributed by atoms with Crippen LogP contribution in [0, 0.1) is 6.92 Å². The molecular formula is C17H31IN4O3. The molecule has 0 aromatic carbocycles. The molecule has 25 heavy (non-hydrogen) atoms.